The van der Waals surface area contributed by atoms with E-state index >= 15 is 0 Å². The van der Waals surface area contributed by atoms with Crippen LogP contribution in [-0.4, -0.2) is 20.4 Å². The minimum atomic E-state index is -0.0958. The van der Waals surface area contributed by atoms with Crippen molar-refractivity contribution >= 4 is 0 Å². The third-order valence-electron chi connectivity index (χ3n) is 13.4. The number of hydrogen-bond donors (Lipinski definition) is 0. The minimum Gasteiger partial charge on any atom is -0.457 e. The van der Waals surface area contributed by atoms with Crippen LogP contribution in [0.15, 0.2) is 142 Å². The molecule has 6 aromatic carbocycles. The molecule has 0 N–H and O–H groups in total. The fourth-order valence-electron chi connectivity index (χ4n) is 9.72. The Kier molecular flexibility index (Phi) is 14.4. The molecule has 0 saturated carbocycles. The first-order valence-corrected chi connectivity index (χ1v) is 24.6. The summed E-state index contributed by atoms with van der Waals surface area (Å²) in [7, 11) is 0. The van der Waals surface area contributed by atoms with Gasteiger partial charge in [0.25, 0.3) is 0 Å². The lowest BCUT2D eigenvalue weighted by Gasteiger charge is -2.33. The number of benzene rings is 6. The molecule has 9 rings (SSSR count). The maximum atomic E-state index is 6.76. The molecule has 1 aliphatic carbocycles. The summed E-state index contributed by atoms with van der Waals surface area (Å²) in [5.74, 6) is 5.09. The number of aryl methyl sites for hydroxylation is 2. The van der Waals surface area contributed by atoms with E-state index in [0.717, 1.165) is 69.2 Å². The van der Waals surface area contributed by atoms with Gasteiger partial charge >= 0.3 is 0 Å². The van der Waals surface area contributed by atoms with E-state index in [9.17, 15) is 0 Å². The lowest BCUT2D eigenvalue weighted by Crippen LogP contribution is -2.26. The lowest BCUT2D eigenvalue weighted by molar-refractivity contribution is 0.396. The van der Waals surface area contributed by atoms with Gasteiger partial charge in [0.2, 0.25) is 23.6 Å². The highest BCUT2D eigenvalue weighted by Crippen LogP contribution is 2.57. The average Bonchev–Trinajstić information content (AvgIpc) is 4.12. The zero-order valence-corrected chi connectivity index (χ0v) is 39.5. The Hall–Kier alpha value is -6.80. The van der Waals surface area contributed by atoms with Gasteiger partial charge in [0.15, 0.2) is 0 Å². The predicted molar refractivity (Wildman–Crippen MR) is 269 cm³/mol. The van der Waals surface area contributed by atoms with E-state index in [1.165, 1.54) is 99.3 Å². The fraction of sp³-hybridized carbons (Fsp3) is 0.322. The van der Waals surface area contributed by atoms with Crippen molar-refractivity contribution in [3.8, 4) is 79.9 Å². The second-order valence-corrected chi connectivity index (χ2v) is 18.3. The maximum Gasteiger partial charge on any atom is 0.248 e. The monoisotopic (exact) mass is 890 g/mol. The topological polar surface area (TPSA) is 96.3 Å². The molecule has 0 unspecified atom stereocenters. The Labute approximate surface area is 395 Å². The number of aromatic nitrogens is 4. The van der Waals surface area contributed by atoms with Crippen LogP contribution >= 0.6 is 0 Å². The SMILES string of the molecule is CCCCCCCCC1(CCCCCCCC)c2cc(C)c(Oc3ccc(-c4nnc(-c5ccccc5)o4)cc3)cc2-c2cc(Oc3ccc(-c4nnc(-c5ccccc5)o4)cc3)c(C)cc21. The quantitative estimate of drug-likeness (QED) is 0.0621. The van der Waals surface area contributed by atoms with E-state index in [1.807, 2.05) is 109 Å². The van der Waals surface area contributed by atoms with Gasteiger partial charge < -0.3 is 18.3 Å². The van der Waals surface area contributed by atoms with Crippen LogP contribution in [-0.2, 0) is 5.41 Å². The molecule has 342 valence electrons. The smallest absolute Gasteiger partial charge is 0.248 e. The number of fused-ring (bicyclic) bond motifs is 3. The summed E-state index contributed by atoms with van der Waals surface area (Å²) in [4.78, 5) is 0. The summed E-state index contributed by atoms with van der Waals surface area (Å²) >= 11 is 0. The molecule has 0 bridgehead atoms. The summed E-state index contributed by atoms with van der Waals surface area (Å²) in [6.07, 6.45) is 17.5. The average molecular weight is 891 g/mol. The van der Waals surface area contributed by atoms with E-state index in [4.69, 9.17) is 18.3 Å². The summed E-state index contributed by atoms with van der Waals surface area (Å²) in [5.41, 5.74) is 10.9. The molecule has 67 heavy (non-hydrogen) atoms. The lowest BCUT2D eigenvalue weighted by atomic mass is 9.70. The van der Waals surface area contributed by atoms with Gasteiger partial charge in [-0.1, -0.05) is 139 Å². The number of hydrogen-bond acceptors (Lipinski definition) is 8. The van der Waals surface area contributed by atoms with E-state index in [2.05, 4.69) is 72.4 Å². The number of rotatable bonds is 22. The molecule has 2 heterocycles. The molecule has 8 heteroatoms. The molecule has 0 aliphatic heterocycles. The summed E-state index contributed by atoms with van der Waals surface area (Å²) in [6.45, 7) is 8.97. The molecule has 2 aromatic heterocycles. The van der Waals surface area contributed by atoms with Gasteiger partial charge in [-0.15, -0.1) is 20.4 Å². The highest BCUT2D eigenvalue weighted by Gasteiger charge is 2.43. The second-order valence-electron chi connectivity index (χ2n) is 18.3. The number of ether oxygens (including phenoxy) is 2. The van der Waals surface area contributed by atoms with Crippen LogP contribution in [0, 0.1) is 13.8 Å². The predicted octanol–water partition coefficient (Wildman–Crippen LogP) is 17.1. The first-order valence-electron chi connectivity index (χ1n) is 24.6. The zero-order valence-electron chi connectivity index (χ0n) is 39.5. The van der Waals surface area contributed by atoms with Gasteiger partial charge in [0, 0.05) is 27.7 Å². The highest BCUT2D eigenvalue weighted by molar-refractivity contribution is 5.84. The van der Waals surface area contributed by atoms with Crippen LogP contribution in [0.5, 0.6) is 23.0 Å². The molecule has 8 nitrogen and oxygen atoms in total. The van der Waals surface area contributed by atoms with Crippen molar-refractivity contribution in [2.75, 3.05) is 0 Å². The van der Waals surface area contributed by atoms with Gasteiger partial charge in [-0.2, -0.15) is 0 Å². The summed E-state index contributed by atoms with van der Waals surface area (Å²) < 4.78 is 25.6. The fourth-order valence-corrected chi connectivity index (χ4v) is 9.72. The highest BCUT2D eigenvalue weighted by atomic mass is 16.5. The molecule has 0 amide bonds. The first kappa shape index (κ1) is 45.4. The Balaban J connectivity index is 1.03. The van der Waals surface area contributed by atoms with E-state index < -0.39 is 0 Å². The third kappa shape index (κ3) is 10.3. The normalized spacial score (nSPS) is 12.5. The van der Waals surface area contributed by atoms with Crippen molar-refractivity contribution in [1.29, 1.82) is 0 Å². The number of unbranched alkanes of at least 4 members (excludes halogenated alkanes) is 10. The maximum absolute atomic E-state index is 6.76. The van der Waals surface area contributed by atoms with Crippen LogP contribution in [0.1, 0.15) is 126 Å². The molecular formula is C59H62N4O4. The van der Waals surface area contributed by atoms with Crippen LogP contribution in [0.25, 0.3) is 56.9 Å². The van der Waals surface area contributed by atoms with Crippen molar-refractivity contribution in [2.24, 2.45) is 0 Å². The van der Waals surface area contributed by atoms with Gasteiger partial charge in [0.05, 0.1) is 0 Å². The molecule has 0 saturated heterocycles. The van der Waals surface area contributed by atoms with Crippen molar-refractivity contribution < 1.29 is 18.3 Å². The van der Waals surface area contributed by atoms with Crippen LogP contribution in [0.3, 0.4) is 0 Å². The molecular weight excluding hydrogens is 829 g/mol. The summed E-state index contributed by atoms with van der Waals surface area (Å²) in [6, 6.07) is 44.9. The van der Waals surface area contributed by atoms with Crippen molar-refractivity contribution in [2.45, 2.75) is 123 Å². The molecule has 0 atom stereocenters. The Morgan fingerprint density at radius 1 is 0.403 bits per heavy atom. The molecule has 0 fully saturated rings. The largest absolute Gasteiger partial charge is 0.457 e. The van der Waals surface area contributed by atoms with Gasteiger partial charge in [0.1, 0.15) is 23.0 Å². The van der Waals surface area contributed by atoms with E-state index in [0.29, 0.717) is 23.6 Å². The molecule has 8 aromatic rings. The van der Waals surface area contributed by atoms with Crippen molar-refractivity contribution in [1.82, 2.24) is 20.4 Å². The Morgan fingerprint density at radius 3 is 1.12 bits per heavy atom. The standard InChI is InChI=1S/C59H62N4O4/c1-5-7-9-11-13-21-35-59(36-22-14-12-10-8-6-2)51-37-41(3)53(64-47-31-27-45(28-32-47)57-62-60-55(66-57)43-23-17-15-18-24-43)39-49(51)50-40-54(42(4)38-52(50)59)65-48-33-29-46(30-34-48)58-63-61-56(67-58)44-25-19-16-20-26-44/h15-20,23-34,37-40H,5-14,21-22,35-36H2,1-4H3. The minimum absolute atomic E-state index is 0.0958. The Bertz CT molecular complexity index is 2650. The van der Waals surface area contributed by atoms with Gasteiger partial charge in [-0.25, -0.2) is 0 Å². The second kappa shape index (κ2) is 21.2. The molecule has 1 aliphatic rings. The van der Waals surface area contributed by atoms with Crippen LogP contribution < -0.4 is 9.47 Å². The van der Waals surface area contributed by atoms with Crippen molar-refractivity contribution in [3.05, 3.63) is 156 Å². The summed E-state index contributed by atoms with van der Waals surface area (Å²) in [5, 5.41) is 17.3. The van der Waals surface area contributed by atoms with E-state index in [-0.39, 0.29) is 5.41 Å². The van der Waals surface area contributed by atoms with Gasteiger partial charge in [-0.05, 0) is 145 Å². The zero-order chi connectivity index (χ0) is 46.0. The molecule has 0 spiro atoms. The van der Waals surface area contributed by atoms with Crippen LogP contribution in [0.2, 0.25) is 0 Å². The third-order valence-corrected chi connectivity index (χ3v) is 13.4. The number of nitrogens with zero attached hydrogens (tertiary/aromatic N) is 4. The van der Waals surface area contributed by atoms with E-state index in [1.54, 1.807) is 0 Å². The van der Waals surface area contributed by atoms with Crippen LogP contribution in [0.4, 0.5) is 0 Å². The first-order chi connectivity index (χ1) is 32.9. The Morgan fingerprint density at radius 2 is 0.746 bits per heavy atom. The van der Waals surface area contributed by atoms with Crippen molar-refractivity contribution in [3.63, 3.8) is 0 Å². The molecule has 0 radical (unpaired) electrons. The van der Waals surface area contributed by atoms with Gasteiger partial charge in [-0.3, -0.25) is 0 Å².